The maximum atomic E-state index is 4.18. The Kier molecular flexibility index (Phi) is 6.20. The summed E-state index contributed by atoms with van der Waals surface area (Å²) in [6.07, 6.45) is 3.03. The minimum absolute atomic E-state index is 0.492. The van der Waals surface area contributed by atoms with Crippen LogP contribution in [0.3, 0.4) is 0 Å². The second-order valence-electron chi connectivity index (χ2n) is 5.48. The van der Waals surface area contributed by atoms with Crippen molar-refractivity contribution in [2.45, 2.75) is 26.2 Å². The van der Waals surface area contributed by atoms with E-state index in [-0.39, 0.29) is 0 Å². The van der Waals surface area contributed by atoms with E-state index in [2.05, 4.69) is 64.3 Å². The molecule has 0 amide bonds. The maximum Gasteiger partial charge on any atom is 0.0794 e. The van der Waals surface area contributed by atoms with Crippen molar-refractivity contribution in [2.75, 3.05) is 13.1 Å². The van der Waals surface area contributed by atoms with Crippen LogP contribution in [-0.4, -0.2) is 18.1 Å². The summed E-state index contributed by atoms with van der Waals surface area (Å²) in [4.78, 5) is 5.53. The van der Waals surface area contributed by atoms with Crippen LogP contribution in [0.4, 0.5) is 0 Å². The lowest BCUT2D eigenvalue weighted by atomic mass is 9.95. The molecule has 0 fully saturated rings. The van der Waals surface area contributed by atoms with E-state index in [4.69, 9.17) is 0 Å². The molecule has 1 unspecified atom stereocenters. The molecule has 4 heteroatoms. The molecule has 108 valence electrons. The fourth-order valence-electron chi connectivity index (χ4n) is 2.20. The van der Waals surface area contributed by atoms with Crippen molar-refractivity contribution in [1.82, 2.24) is 10.3 Å². The van der Waals surface area contributed by atoms with Crippen LogP contribution in [0.5, 0.6) is 0 Å². The van der Waals surface area contributed by atoms with Crippen molar-refractivity contribution in [3.8, 4) is 0 Å². The van der Waals surface area contributed by atoms with Gasteiger partial charge in [-0.25, -0.2) is 0 Å². The molecule has 1 N–H and O–H groups in total. The summed E-state index contributed by atoms with van der Waals surface area (Å²) in [6, 6.07) is 8.63. The van der Waals surface area contributed by atoms with Crippen molar-refractivity contribution in [2.24, 2.45) is 5.92 Å². The lowest BCUT2D eigenvalue weighted by Crippen LogP contribution is -2.26. The Morgan fingerprint density at radius 2 is 2.15 bits per heavy atom. The average molecular weight is 353 g/mol. The summed E-state index contributed by atoms with van der Waals surface area (Å²) in [5.41, 5.74) is 3.29. The Hall–Kier alpha value is -0.710. The average Bonchev–Trinajstić information content (AvgIpc) is 2.90. The largest absolute Gasteiger partial charge is 0.316 e. The predicted molar refractivity (Wildman–Crippen MR) is 90.4 cm³/mol. The third-order valence-electron chi connectivity index (χ3n) is 3.19. The fourth-order valence-corrected chi connectivity index (χ4v) is 3.29. The molecule has 2 nitrogen and oxygen atoms in total. The zero-order valence-corrected chi connectivity index (χ0v) is 14.4. The van der Waals surface area contributed by atoms with Crippen molar-refractivity contribution < 1.29 is 0 Å². The summed E-state index contributed by atoms with van der Waals surface area (Å²) in [5, 5.41) is 3.58. The molecular weight excluding hydrogens is 332 g/mol. The number of rotatable bonds is 7. The summed E-state index contributed by atoms with van der Waals surface area (Å²) in [5.74, 6) is 1.17. The Bertz CT molecular complexity index is 511. The molecule has 0 spiro atoms. The Balaban J connectivity index is 2.06. The molecule has 0 aliphatic heterocycles. The van der Waals surface area contributed by atoms with Crippen LogP contribution in [0.1, 0.15) is 30.2 Å². The van der Waals surface area contributed by atoms with Crippen LogP contribution >= 0.6 is 27.3 Å². The van der Waals surface area contributed by atoms with Crippen LogP contribution < -0.4 is 5.32 Å². The molecule has 1 aromatic heterocycles. The Labute approximate surface area is 133 Å². The van der Waals surface area contributed by atoms with Crippen LogP contribution in [0, 0.1) is 5.92 Å². The molecule has 0 aliphatic rings. The fraction of sp³-hybridized carbons (Fsp3) is 0.438. The molecule has 0 saturated heterocycles. The van der Waals surface area contributed by atoms with E-state index in [9.17, 15) is 0 Å². The van der Waals surface area contributed by atoms with E-state index in [1.54, 1.807) is 11.3 Å². The first-order valence-corrected chi connectivity index (χ1v) is 8.66. The normalized spacial score (nSPS) is 12.8. The van der Waals surface area contributed by atoms with Gasteiger partial charge >= 0.3 is 0 Å². The van der Waals surface area contributed by atoms with Gasteiger partial charge in [0.1, 0.15) is 0 Å². The van der Waals surface area contributed by atoms with Crippen LogP contribution in [0.15, 0.2) is 40.4 Å². The summed E-state index contributed by atoms with van der Waals surface area (Å²) in [7, 11) is 0. The Morgan fingerprint density at radius 3 is 2.80 bits per heavy atom. The minimum Gasteiger partial charge on any atom is -0.316 e. The van der Waals surface area contributed by atoms with Gasteiger partial charge in [-0.3, -0.25) is 4.98 Å². The Morgan fingerprint density at radius 1 is 1.30 bits per heavy atom. The van der Waals surface area contributed by atoms with E-state index in [1.165, 1.54) is 10.4 Å². The van der Waals surface area contributed by atoms with Crippen LogP contribution in [0.2, 0.25) is 0 Å². The summed E-state index contributed by atoms with van der Waals surface area (Å²) in [6.45, 7) is 6.55. The van der Waals surface area contributed by atoms with E-state index in [0.29, 0.717) is 11.8 Å². The zero-order valence-electron chi connectivity index (χ0n) is 12.0. The molecule has 1 atom stereocenters. The van der Waals surface area contributed by atoms with Crippen molar-refractivity contribution >= 4 is 27.3 Å². The van der Waals surface area contributed by atoms with Gasteiger partial charge in [-0.15, -0.1) is 11.3 Å². The molecule has 1 heterocycles. The number of hydrogen-bond donors (Lipinski definition) is 1. The molecular formula is C16H21BrN2S. The highest BCUT2D eigenvalue weighted by Gasteiger charge is 2.13. The van der Waals surface area contributed by atoms with E-state index in [1.807, 2.05) is 11.7 Å². The SMILES string of the molecule is CC(C)CNCC(Cc1cncs1)c1cccc(Br)c1. The van der Waals surface area contributed by atoms with Gasteiger partial charge in [-0.2, -0.15) is 0 Å². The van der Waals surface area contributed by atoms with Gasteiger partial charge in [0.2, 0.25) is 0 Å². The number of nitrogens with zero attached hydrogens (tertiary/aromatic N) is 1. The molecule has 0 saturated carbocycles. The van der Waals surface area contributed by atoms with Gasteiger partial charge in [0.25, 0.3) is 0 Å². The van der Waals surface area contributed by atoms with Crippen molar-refractivity contribution in [3.05, 3.63) is 50.9 Å². The number of nitrogens with one attached hydrogen (secondary N) is 1. The molecule has 0 aliphatic carbocycles. The first-order valence-electron chi connectivity index (χ1n) is 6.98. The molecule has 0 bridgehead atoms. The van der Waals surface area contributed by atoms with E-state index in [0.717, 1.165) is 24.0 Å². The first-order chi connectivity index (χ1) is 9.65. The standard InChI is InChI=1S/C16H21BrN2S/c1-12(2)8-18-9-14(7-16-10-19-11-20-16)13-4-3-5-15(17)6-13/h3-6,10-12,14,18H,7-9H2,1-2H3. The number of halogens is 1. The predicted octanol–water partition coefficient (Wildman–Crippen LogP) is 4.48. The first kappa shape index (κ1) is 15.7. The topological polar surface area (TPSA) is 24.9 Å². The number of benzene rings is 1. The lowest BCUT2D eigenvalue weighted by molar-refractivity contribution is 0.515. The van der Waals surface area contributed by atoms with Crippen LogP contribution in [0.25, 0.3) is 0 Å². The highest BCUT2D eigenvalue weighted by Crippen LogP contribution is 2.24. The van der Waals surface area contributed by atoms with E-state index >= 15 is 0 Å². The van der Waals surface area contributed by atoms with Gasteiger partial charge in [0, 0.05) is 28.0 Å². The molecule has 2 aromatic rings. The number of hydrogen-bond acceptors (Lipinski definition) is 3. The molecule has 20 heavy (non-hydrogen) atoms. The number of thiazole rings is 1. The summed E-state index contributed by atoms with van der Waals surface area (Å²) >= 11 is 5.31. The minimum atomic E-state index is 0.492. The van der Waals surface area contributed by atoms with Crippen molar-refractivity contribution in [3.63, 3.8) is 0 Å². The third-order valence-corrected chi connectivity index (χ3v) is 4.49. The smallest absolute Gasteiger partial charge is 0.0794 e. The molecule has 2 rings (SSSR count). The van der Waals surface area contributed by atoms with Gasteiger partial charge in [0.15, 0.2) is 0 Å². The van der Waals surface area contributed by atoms with Crippen LogP contribution in [-0.2, 0) is 6.42 Å². The second-order valence-corrected chi connectivity index (χ2v) is 7.36. The third kappa shape index (κ3) is 5.00. The second kappa shape index (κ2) is 7.91. The van der Waals surface area contributed by atoms with Gasteiger partial charge < -0.3 is 5.32 Å². The van der Waals surface area contributed by atoms with Crippen molar-refractivity contribution in [1.29, 1.82) is 0 Å². The summed E-state index contributed by atoms with van der Waals surface area (Å²) < 4.78 is 1.15. The zero-order chi connectivity index (χ0) is 14.4. The van der Waals surface area contributed by atoms with E-state index < -0.39 is 0 Å². The van der Waals surface area contributed by atoms with Gasteiger partial charge in [-0.05, 0) is 36.6 Å². The monoisotopic (exact) mass is 352 g/mol. The van der Waals surface area contributed by atoms with Gasteiger partial charge in [0.05, 0.1) is 5.51 Å². The highest BCUT2D eigenvalue weighted by atomic mass is 79.9. The highest BCUT2D eigenvalue weighted by molar-refractivity contribution is 9.10. The molecule has 1 aromatic carbocycles. The van der Waals surface area contributed by atoms with Gasteiger partial charge in [-0.1, -0.05) is 41.9 Å². The molecule has 0 radical (unpaired) electrons. The number of aromatic nitrogens is 1. The quantitative estimate of drug-likeness (QED) is 0.794. The lowest BCUT2D eigenvalue weighted by Gasteiger charge is -2.18. The maximum absolute atomic E-state index is 4.18.